The minimum Gasteiger partial charge on any atom is -0.427 e. The molecular formula is C42H34BN2O2. The van der Waals surface area contributed by atoms with Crippen molar-refractivity contribution in [3.8, 4) is 16.8 Å². The lowest BCUT2D eigenvalue weighted by Gasteiger charge is -2.37. The van der Waals surface area contributed by atoms with Gasteiger partial charge >= 0.3 is 7.48 Å². The lowest BCUT2D eigenvalue weighted by atomic mass is 9.81. The second-order valence-electron chi connectivity index (χ2n) is 13.7. The van der Waals surface area contributed by atoms with Gasteiger partial charge in [-0.25, -0.2) is 0 Å². The van der Waals surface area contributed by atoms with Crippen LogP contribution >= 0.6 is 0 Å². The van der Waals surface area contributed by atoms with E-state index >= 15 is 0 Å². The number of para-hydroxylation sites is 4. The van der Waals surface area contributed by atoms with E-state index in [0.717, 1.165) is 22.2 Å². The lowest BCUT2D eigenvalue weighted by Crippen LogP contribution is -2.49. The van der Waals surface area contributed by atoms with E-state index in [9.17, 15) is 5.11 Å². The van der Waals surface area contributed by atoms with E-state index in [4.69, 9.17) is 4.65 Å². The van der Waals surface area contributed by atoms with Crippen molar-refractivity contribution in [2.75, 3.05) is 0 Å². The Bertz CT molecular complexity index is 2640. The number of fused-ring (bicyclic) bond motifs is 9. The summed E-state index contributed by atoms with van der Waals surface area (Å²) in [5.41, 5.74) is 8.57. The summed E-state index contributed by atoms with van der Waals surface area (Å²) in [5, 5.41) is 18.1. The van der Waals surface area contributed by atoms with Gasteiger partial charge in [-0.3, -0.25) is 0 Å². The molecular weight excluding hydrogens is 575 g/mol. The molecule has 0 aliphatic carbocycles. The third kappa shape index (κ3) is 4.10. The Morgan fingerprint density at radius 3 is 1.81 bits per heavy atom. The number of hydrogen-bond donors (Lipinski definition) is 1. The Hall–Kier alpha value is -5.10. The Balaban J connectivity index is 1.27. The Morgan fingerprint density at radius 1 is 0.532 bits per heavy atom. The molecule has 9 aromatic rings. The van der Waals surface area contributed by atoms with E-state index in [0.29, 0.717) is 0 Å². The van der Waals surface area contributed by atoms with Crippen LogP contribution in [0.4, 0.5) is 0 Å². The first-order valence-electron chi connectivity index (χ1n) is 16.2. The standard InChI is InChI=1S/C42H34BN2O2/c1-41(2,46)42(3,4)47-43-35-18-11-17-34-33-16-10-15-32-31-23-21-27(25-38(31)45(39(32)33)40(34)35)26-20-22-30-29-14-8-9-19-36(29)44(37(30)24-26)28-12-6-5-7-13-28/h5-25,46H,1-4H3. The highest BCUT2D eigenvalue weighted by molar-refractivity contribution is 6.52. The molecule has 0 fully saturated rings. The molecule has 5 heteroatoms. The number of aliphatic hydroxyl groups is 1. The molecule has 0 saturated heterocycles. The first-order valence-corrected chi connectivity index (χ1v) is 16.2. The monoisotopic (exact) mass is 609 g/mol. The second kappa shape index (κ2) is 9.95. The zero-order valence-electron chi connectivity index (χ0n) is 27.0. The topological polar surface area (TPSA) is 38.8 Å². The fourth-order valence-corrected chi connectivity index (χ4v) is 7.18. The molecule has 4 nitrogen and oxygen atoms in total. The van der Waals surface area contributed by atoms with Crippen molar-refractivity contribution < 1.29 is 9.76 Å². The van der Waals surface area contributed by atoms with Crippen molar-refractivity contribution in [3.05, 3.63) is 127 Å². The van der Waals surface area contributed by atoms with Crippen LogP contribution in [-0.2, 0) is 4.65 Å². The van der Waals surface area contributed by atoms with Crippen LogP contribution in [0.1, 0.15) is 27.7 Å². The average molecular weight is 610 g/mol. The lowest BCUT2D eigenvalue weighted by molar-refractivity contribution is -0.0893. The molecule has 0 amide bonds. The number of benzene rings is 6. The van der Waals surface area contributed by atoms with Crippen molar-refractivity contribution in [1.82, 2.24) is 8.97 Å². The van der Waals surface area contributed by atoms with E-state index in [1.807, 2.05) is 21.3 Å². The van der Waals surface area contributed by atoms with Gasteiger partial charge in [0.1, 0.15) is 0 Å². The van der Waals surface area contributed by atoms with Crippen molar-refractivity contribution in [2.24, 2.45) is 0 Å². The summed E-state index contributed by atoms with van der Waals surface area (Å²) >= 11 is 0. The zero-order chi connectivity index (χ0) is 32.1. The van der Waals surface area contributed by atoms with Crippen LogP contribution in [0.15, 0.2) is 127 Å². The van der Waals surface area contributed by atoms with Crippen molar-refractivity contribution in [2.45, 2.75) is 38.9 Å². The van der Waals surface area contributed by atoms with Gasteiger partial charge in [-0.2, -0.15) is 0 Å². The molecule has 6 aromatic carbocycles. The second-order valence-corrected chi connectivity index (χ2v) is 13.7. The first kappa shape index (κ1) is 28.2. The normalized spacial score (nSPS) is 12.9. The first-order chi connectivity index (χ1) is 22.7. The van der Waals surface area contributed by atoms with Crippen LogP contribution in [0.2, 0.25) is 0 Å². The van der Waals surface area contributed by atoms with Crippen molar-refractivity contribution >= 4 is 72.8 Å². The maximum absolute atomic E-state index is 10.8. The number of nitrogens with zero attached hydrogens (tertiary/aromatic N) is 2. The highest BCUT2D eigenvalue weighted by atomic mass is 16.5. The molecule has 0 bridgehead atoms. The van der Waals surface area contributed by atoms with Crippen molar-refractivity contribution in [3.63, 3.8) is 0 Å². The largest absolute Gasteiger partial charge is 0.427 e. The van der Waals surface area contributed by atoms with Crippen LogP contribution in [0.3, 0.4) is 0 Å². The summed E-state index contributed by atoms with van der Waals surface area (Å²) in [6.07, 6.45) is 0. The molecule has 0 atom stereocenters. The van der Waals surface area contributed by atoms with Gasteiger partial charge < -0.3 is 18.7 Å². The smallest absolute Gasteiger partial charge is 0.333 e. The Morgan fingerprint density at radius 2 is 1.09 bits per heavy atom. The molecule has 1 radical (unpaired) electrons. The molecule has 227 valence electrons. The summed E-state index contributed by atoms with van der Waals surface area (Å²) in [7, 11) is 1.82. The highest BCUT2D eigenvalue weighted by Crippen LogP contribution is 2.41. The summed E-state index contributed by atoms with van der Waals surface area (Å²) in [4.78, 5) is 0. The third-order valence-corrected chi connectivity index (χ3v) is 10.3. The fraction of sp³-hybridized carbons (Fsp3) is 0.143. The van der Waals surface area contributed by atoms with Gasteiger partial charge in [0, 0.05) is 38.0 Å². The molecule has 0 saturated carbocycles. The summed E-state index contributed by atoms with van der Waals surface area (Å²) < 4.78 is 11.1. The number of aromatic nitrogens is 2. The summed E-state index contributed by atoms with van der Waals surface area (Å²) in [6, 6.07) is 46.0. The molecule has 3 heterocycles. The van der Waals surface area contributed by atoms with Gasteiger partial charge in [-0.05, 0) is 74.6 Å². The molecule has 0 aliphatic rings. The Labute approximate surface area is 274 Å². The fourth-order valence-electron chi connectivity index (χ4n) is 7.18. The van der Waals surface area contributed by atoms with Gasteiger partial charge in [0.05, 0.1) is 38.8 Å². The van der Waals surface area contributed by atoms with Crippen LogP contribution < -0.4 is 5.46 Å². The minimum atomic E-state index is -1.01. The molecule has 0 unspecified atom stereocenters. The van der Waals surface area contributed by atoms with Gasteiger partial charge in [-0.1, -0.05) is 97.1 Å². The molecule has 9 rings (SSSR count). The summed E-state index contributed by atoms with van der Waals surface area (Å²) in [5.74, 6) is 0. The van der Waals surface area contributed by atoms with Gasteiger partial charge in [-0.15, -0.1) is 0 Å². The predicted octanol–water partition coefficient (Wildman–Crippen LogP) is 9.41. The van der Waals surface area contributed by atoms with Crippen LogP contribution in [-0.4, -0.2) is 32.8 Å². The van der Waals surface area contributed by atoms with E-state index in [1.165, 1.54) is 60.0 Å². The molecule has 47 heavy (non-hydrogen) atoms. The quantitative estimate of drug-likeness (QED) is 0.191. The molecule has 0 spiro atoms. The van der Waals surface area contributed by atoms with E-state index in [1.54, 1.807) is 13.8 Å². The van der Waals surface area contributed by atoms with E-state index in [2.05, 4.69) is 136 Å². The third-order valence-electron chi connectivity index (χ3n) is 10.3. The number of rotatable bonds is 6. The van der Waals surface area contributed by atoms with Gasteiger partial charge in [0.25, 0.3) is 0 Å². The molecule has 1 N–H and O–H groups in total. The van der Waals surface area contributed by atoms with Crippen LogP contribution in [0.25, 0.3) is 76.7 Å². The van der Waals surface area contributed by atoms with E-state index < -0.39 is 11.2 Å². The number of hydrogen-bond acceptors (Lipinski definition) is 2. The van der Waals surface area contributed by atoms with Crippen molar-refractivity contribution in [1.29, 1.82) is 0 Å². The highest BCUT2D eigenvalue weighted by Gasteiger charge is 2.36. The minimum absolute atomic E-state index is 0.775. The maximum Gasteiger partial charge on any atom is 0.333 e. The van der Waals surface area contributed by atoms with Gasteiger partial charge in [0.15, 0.2) is 0 Å². The van der Waals surface area contributed by atoms with Crippen LogP contribution in [0.5, 0.6) is 0 Å². The molecule has 3 aromatic heterocycles. The van der Waals surface area contributed by atoms with Crippen LogP contribution in [0, 0.1) is 0 Å². The average Bonchev–Trinajstić information content (AvgIpc) is 3.72. The van der Waals surface area contributed by atoms with E-state index in [-0.39, 0.29) is 0 Å². The summed E-state index contributed by atoms with van der Waals surface area (Å²) in [6.45, 7) is 7.41. The predicted molar refractivity (Wildman–Crippen MR) is 198 cm³/mol. The van der Waals surface area contributed by atoms with Gasteiger partial charge in [0.2, 0.25) is 0 Å². The maximum atomic E-state index is 10.8. The Kier molecular flexibility index (Phi) is 5.96. The zero-order valence-corrected chi connectivity index (χ0v) is 27.0. The SMILES string of the molecule is CC(C)(O)C(C)(C)O[B]c1cccc2c3cccc4c5ccc(-c6ccc7c8ccccc8n(-c8ccccc8)c7c6)cc5n(c12)c43. The molecule has 0 aliphatic heterocycles.